The van der Waals surface area contributed by atoms with Gasteiger partial charge in [0.25, 0.3) is 5.91 Å². The first kappa shape index (κ1) is 16.3. The summed E-state index contributed by atoms with van der Waals surface area (Å²) in [6, 6.07) is 14.3. The van der Waals surface area contributed by atoms with Crippen molar-refractivity contribution in [2.45, 2.75) is 44.1 Å². The number of fused-ring (bicyclic) bond motifs is 4. The van der Waals surface area contributed by atoms with Crippen LogP contribution >= 0.6 is 0 Å². The number of imide groups is 1. The Bertz CT molecular complexity index is 930. The van der Waals surface area contributed by atoms with Gasteiger partial charge in [0.15, 0.2) is 6.23 Å². The number of aryl methyl sites for hydroxylation is 1. The summed E-state index contributed by atoms with van der Waals surface area (Å²) < 4.78 is 0. The van der Waals surface area contributed by atoms with Crippen LogP contribution in [-0.2, 0) is 11.3 Å². The maximum Gasteiger partial charge on any atom is 0.329 e. The number of carbonyl (C=O) groups excluding carboxylic acids is 2. The molecule has 138 valence electrons. The van der Waals surface area contributed by atoms with Crippen molar-refractivity contribution >= 4 is 17.6 Å². The third-order valence-corrected chi connectivity index (χ3v) is 5.97. The van der Waals surface area contributed by atoms with Gasteiger partial charge in [0, 0.05) is 11.6 Å². The van der Waals surface area contributed by atoms with E-state index in [2.05, 4.69) is 11.4 Å². The fourth-order valence-electron chi connectivity index (χ4n) is 4.65. The van der Waals surface area contributed by atoms with Crippen LogP contribution in [0.3, 0.4) is 0 Å². The van der Waals surface area contributed by atoms with Crippen molar-refractivity contribution < 1.29 is 14.7 Å². The molecule has 2 aromatic rings. The van der Waals surface area contributed by atoms with E-state index in [4.69, 9.17) is 0 Å². The lowest BCUT2D eigenvalue weighted by Crippen LogP contribution is -2.57. The van der Waals surface area contributed by atoms with Crippen molar-refractivity contribution in [3.05, 3.63) is 65.2 Å². The van der Waals surface area contributed by atoms with E-state index in [1.807, 2.05) is 49.4 Å². The molecule has 5 rings (SSSR count). The summed E-state index contributed by atoms with van der Waals surface area (Å²) in [7, 11) is 0. The number of rotatable bonds is 2. The summed E-state index contributed by atoms with van der Waals surface area (Å²) in [6.07, 6.45) is -0.500. The molecule has 0 aliphatic carbocycles. The Morgan fingerprint density at radius 2 is 1.93 bits per heavy atom. The molecule has 2 N–H and O–H groups in total. The summed E-state index contributed by atoms with van der Waals surface area (Å²) in [5.74, 6) is -0.202. The van der Waals surface area contributed by atoms with E-state index < -0.39 is 18.3 Å². The Morgan fingerprint density at radius 3 is 2.70 bits per heavy atom. The number of carbonyl (C=O) groups is 2. The lowest BCUT2D eigenvalue weighted by Gasteiger charge is -2.40. The summed E-state index contributed by atoms with van der Waals surface area (Å²) in [6.45, 7) is 2.27. The zero-order valence-electron chi connectivity index (χ0n) is 15.0. The molecule has 4 atom stereocenters. The molecule has 0 aromatic heterocycles. The van der Waals surface area contributed by atoms with Crippen molar-refractivity contribution in [3.8, 4) is 0 Å². The van der Waals surface area contributed by atoms with Gasteiger partial charge in [-0.15, -0.1) is 0 Å². The van der Waals surface area contributed by atoms with Gasteiger partial charge in [-0.3, -0.25) is 14.6 Å². The number of piperidine rings is 1. The highest BCUT2D eigenvalue weighted by atomic mass is 16.3. The van der Waals surface area contributed by atoms with E-state index >= 15 is 0 Å². The van der Waals surface area contributed by atoms with Gasteiger partial charge in [0.1, 0.15) is 6.04 Å². The van der Waals surface area contributed by atoms with Gasteiger partial charge in [-0.25, -0.2) is 4.79 Å². The van der Waals surface area contributed by atoms with Crippen LogP contribution in [-0.4, -0.2) is 45.2 Å². The first-order valence-electron chi connectivity index (χ1n) is 9.27. The molecule has 0 spiro atoms. The molecular formula is C21H21N3O3. The number of urea groups is 1. The molecule has 3 heterocycles. The molecule has 3 aliphatic heterocycles. The number of aliphatic hydroxyl groups is 1. The van der Waals surface area contributed by atoms with Crippen LogP contribution in [0.25, 0.3) is 0 Å². The smallest absolute Gasteiger partial charge is 0.329 e. The fourth-order valence-corrected chi connectivity index (χ4v) is 4.65. The molecule has 2 saturated heterocycles. The summed E-state index contributed by atoms with van der Waals surface area (Å²) >= 11 is 0. The Balaban J connectivity index is 1.46. The molecule has 3 amide bonds. The van der Waals surface area contributed by atoms with Gasteiger partial charge in [0.05, 0.1) is 12.6 Å². The van der Waals surface area contributed by atoms with E-state index in [0.29, 0.717) is 6.42 Å². The number of nitrogens with zero attached hydrogens (tertiary/aromatic N) is 2. The third-order valence-electron chi connectivity index (χ3n) is 5.97. The van der Waals surface area contributed by atoms with E-state index in [1.54, 1.807) is 0 Å². The molecule has 27 heavy (non-hydrogen) atoms. The van der Waals surface area contributed by atoms with Crippen LogP contribution in [0, 0.1) is 6.92 Å². The molecule has 0 radical (unpaired) electrons. The van der Waals surface area contributed by atoms with Crippen molar-refractivity contribution in [1.29, 1.82) is 0 Å². The number of aliphatic hydroxyl groups excluding tert-OH is 1. The quantitative estimate of drug-likeness (QED) is 0.804. The van der Waals surface area contributed by atoms with Crippen LogP contribution in [0.2, 0.25) is 0 Å². The van der Waals surface area contributed by atoms with Gasteiger partial charge in [-0.05, 0) is 30.5 Å². The zero-order valence-corrected chi connectivity index (χ0v) is 15.0. The summed E-state index contributed by atoms with van der Waals surface area (Å²) in [5, 5.41) is 14.3. The number of amides is 3. The predicted octanol–water partition coefficient (Wildman–Crippen LogP) is 2.43. The molecule has 6 nitrogen and oxygen atoms in total. The fraction of sp³-hybridized carbons (Fsp3) is 0.333. The second-order valence-electron chi connectivity index (χ2n) is 7.63. The van der Waals surface area contributed by atoms with E-state index in [0.717, 1.165) is 22.4 Å². The normalized spacial score (nSPS) is 28.7. The average Bonchev–Trinajstić information content (AvgIpc) is 3.14. The van der Waals surface area contributed by atoms with E-state index in [9.17, 15) is 14.7 Å². The van der Waals surface area contributed by atoms with Crippen LogP contribution in [0.5, 0.6) is 0 Å². The minimum absolute atomic E-state index is 0.0181. The maximum atomic E-state index is 13.0. The van der Waals surface area contributed by atoms with Crippen LogP contribution in [0.1, 0.15) is 29.0 Å². The number of hydrogen-bond acceptors (Lipinski definition) is 4. The second-order valence-corrected chi connectivity index (χ2v) is 7.63. The van der Waals surface area contributed by atoms with Crippen molar-refractivity contribution in [3.63, 3.8) is 0 Å². The number of anilines is 1. The third kappa shape index (κ3) is 2.36. The number of nitrogens with one attached hydrogen (secondary N) is 1. The minimum Gasteiger partial charge on any atom is -0.377 e. The highest BCUT2D eigenvalue weighted by Gasteiger charge is 2.56. The number of benzene rings is 2. The molecule has 2 aromatic carbocycles. The highest BCUT2D eigenvalue weighted by molar-refractivity contribution is 6.04. The summed E-state index contributed by atoms with van der Waals surface area (Å²) in [4.78, 5) is 28.5. The van der Waals surface area contributed by atoms with Crippen molar-refractivity contribution in [1.82, 2.24) is 9.80 Å². The molecule has 0 saturated carbocycles. The molecule has 2 fully saturated rings. The molecule has 3 aliphatic rings. The van der Waals surface area contributed by atoms with E-state index in [1.165, 1.54) is 9.80 Å². The average molecular weight is 363 g/mol. The van der Waals surface area contributed by atoms with Gasteiger partial charge in [-0.1, -0.05) is 48.0 Å². The van der Waals surface area contributed by atoms with E-state index in [-0.39, 0.29) is 24.4 Å². The second kappa shape index (κ2) is 5.82. The van der Waals surface area contributed by atoms with Crippen molar-refractivity contribution in [2.24, 2.45) is 0 Å². The number of hydrogen-bond donors (Lipinski definition) is 2. The lowest BCUT2D eigenvalue weighted by molar-refractivity contribution is -0.131. The maximum absolute atomic E-state index is 13.0. The first-order chi connectivity index (χ1) is 13.0. The Hall–Kier alpha value is -2.86. The standard InChI is InChI=1S/C21H21N3O3/c1-12-7-8-16-14(9-12)15-10-17-19(25)23(11-13-5-3-2-4-6-13)21(27)24(17)20(26)18(15)22-16/h2-9,15,17-18,20,22,26H,10-11H2,1H3. The van der Waals surface area contributed by atoms with Gasteiger partial charge in [-0.2, -0.15) is 0 Å². The zero-order chi connectivity index (χ0) is 18.7. The Kier molecular flexibility index (Phi) is 3.52. The minimum atomic E-state index is -1.03. The predicted molar refractivity (Wildman–Crippen MR) is 100.0 cm³/mol. The van der Waals surface area contributed by atoms with Crippen LogP contribution in [0.15, 0.2) is 48.5 Å². The molecule has 0 bridgehead atoms. The SMILES string of the molecule is Cc1ccc2c(c1)C1CC3C(=O)N(Cc4ccccc4)C(=O)N3C(O)C1N2. The van der Waals surface area contributed by atoms with Gasteiger partial charge in [0.2, 0.25) is 0 Å². The van der Waals surface area contributed by atoms with Gasteiger partial charge < -0.3 is 10.4 Å². The lowest BCUT2D eigenvalue weighted by atomic mass is 9.83. The highest BCUT2D eigenvalue weighted by Crippen LogP contribution is 2.46. The molecule has 4 unspecified atom stereocenters. The Labute approximate surface area is 157 Å². The largest absolute Gasteiger partial charge is 0.377 e. The Morgan fingerprint density at radius 1 is 1.15 bits per heavy atom. The topological polar surface area (TPSA) is 72.9 Å². The van der Waals surface area contributed by atoms with Crippen LogP contribution < -0.4 is 5.32 Å². The first-order valence-corrected chi connectivity index (χ1v) is 9.27. The van der Waals surface area contributed by atoms with Crippen LogP contribution in [0.4, 0.5) is 10.5 Å². The molecular weight excluding hydrogens is 342 g/mol. The summed E-state index contributed by atoms with van der Waals surface area (Å²) in [5.41, 5.74) is 4.15. The molecule has 6 heteroatoms. The van der Waals surface area contributed by atoms with Crippen molar-refractivity contribution in [2.75, 3.05) is 5.32 Å². The van der Waals surface area contributed by atoms with Gasteiger partial charge >= 0.3 is 6.03 Å². The monoisotopic (exact) mass is 363 g/mol.